The Morgan fingerprint density at radius 1 is 1.29 bits per heavy atom. The van der Waals surface area contributed by atoms with Crippen molar-refractivity contribution in [1.82, 2.24) is 10.3 Å². The van der Waals surface area contributed by atoms with Crippen molar-refractivity contribution in [1.29, 1.82) is 0 Å². The Balaban J connectivity index is 1.50. The topological polar surface area (TPSA) is 55.1 Å². The minimum absolute atomic E-state index is 0.132. The summed E-state index contributed by atoms with van der Waals surface area (Å²) in [7, 11) is 0. The number of furan rings is 1. The van der Waals surface area contributed by atoms with Crippen LogP contribution in [0.1, 0.15) is 10.8 Å². The van der Waals surface area contributed by atoms with Gasteiger partial charge in [0.15, 0.2) is 0 Å². The van der Waals surface area contributed by atoms with Crippen LogP contribution in [0, 0.1) is 0 Å². The second kappa shape index (κ2) is 6.37. The molecule has 0 aliphatic heterocycles. The molecule has 0 aliphatic rings. The summed E-state index contributed by atoms with van der Waals surface area (Å²) in [6, 6.07) is 11.6. The lowest BCUT2D eigenvalue weighted by Gasteiger charge is -1.98. The van der Waals surface area contributed by atoms with Crippen LogP contribution in [0.5, 0.6) is 0 Å². The highest BCUT2D eigenvalue weighted by molar-refractivity contribution is 7.18. The van der Waals surface area contributed by atoms with Crippen molar-refractivity contribution in [2.75, 3.05) is 6.54 Å². The summed E-state index contributed by atoms with van der Waals surface area (Å²) >= 11 is 1.66. The van der Waals surface area contributed by atoms with Crippen LogP contribution in [0.25, 0.3) is 16.3 Å². The summed E-state index contributed by atoms with van der Waals surface area (Å²) in [6.45, 7) is 0.571. The van der Waals surface area contributed by atoms with Gasteiger partial charge in [0, 0.05) is 19.0 Å². The molecule has 1 aromatic carbocycles. The molecule has 0 radical (unpaired) electrons. The monoisotopic (exact) mass is 298 g/mol. The van der Waals surface area contributed by atoms with E-state index in [0.29, 0.717) is 12.3 Å². The van der Waals surface area contributed by atoms with Gasteiger partial charge in [0.25, 0.3) is 0 Å². The summed E-state index contributed by atoms with van der Waals surface area (Å²) in [6.07, 6.45) is 5.43. The average Bonchev–Trinajstić information content (AvgIpc) is 3.14. The second-order valence-corrected chi connectivity index (χ2v) is 5.58. The van der Waals surface area contributed by atoms with Gasteiger partial charge in [0.2, 0.25) is 5.91 Å². The number of hydrogen-bond acceptors (Lipinski definition) is 4. The first-order chi connectivity index (χ1) is 10.3. The molecule has 0 bridgehead atoms. The van der Waals surface area contributed by atoms with E-state index in [1.54, 1.807) is 35.8 Å². The smallest absolute Gasteiger partial charge is 0.244 e. The number of rotatable bonds is 5. The molecule has 0 spiro atoms. The van der Waals surface area contributed by atoms with Gasteiger partial charge >= 0.3 is 0 Å². The third-order valence-corrected chi connectivity index (χ3v) is 4.01. The maximum atomic E-state index is 11.6. The van der Waals surface area contributed by atoms with Gasteiger partial charge in [-0.15, -0.1) is 11.3 Å². The molecule has 2 heterocycles. The first kappa shape index (κ1) is 13.6. The maximum absolute atomic E-state index is 11.6. The Hall–Kier alpha value is -2.40. The lowest BCUT2D eigenvalue weighted by Crippen LogP contribution is -2.23. The second-order valence-electron chi connectivity index (χ2n) is 4.47. The van der Waals surface area contributed by atoms with Gasteiger partial charge in [0.1, 0.15) is 5.76 Å². The largest absolute Gasteiger partial charge is 0.465 e. The fourth-order valence-corrected chi connectivity index (χ4v) is 2.89. The van der Waals surface area contributed by atoms with Gasteiger partial charge in [-0.25, -0.2) is 4.98 Å². The fraction of sp³-hybridized carbons (Fsp3) is 0.125. The standard InChI is InChI=1S/C16H14N2O2S/c19-15(8-7-12-4-3-11-20-12)17-10-9-16-18-13-5-1-2-6-14(13)21-16/h1-8,11H,9-10H2,(H,17,19)/b8-7+. The molecule has 0 atom stereocenters. The van der Waals surface area contributed by atoms with E-state index in [9.17, 15) is 4.79 Å². The van der Waals surface area contributed by atoms with E-state index in [2.05, 4.69) is 16.4 Å². The summed E-state index contributed by atoms with van der Waals surface area (Å²) in [5, 5.41) is 3.87. The van der Waals surface area contributed by atoms with Gasteiger partial charge in [0.05, 0.1) is 21.5 Å². The van der Waals surface area contributed by atoms with Crippen molar-refractivity contribution >= 4 is 33.5 Å². The summed E-state index contributed by atoms with van der Waals surface area (Å²) in [5.74, 6) is 0.531. The van der Waals surface area contributed by atoms with Crippen molar-refractivity contribution in [2.45, 2.75) is 6.42 Å². The molecule has 0 aliphatic carbocycles. The number of para-hydroxylation sites is 1. The number of nitrogens with zero attached hydrogens (tertiary/aromatic N) is 1. The highest BCUT2D eigenvalue weighted by Gasteiger charge is 2.03. The Bertz CT molecular complexity index is 727. The van der Waals surface area contributed by atoms with Gasteiger partial charge in [-0.2, -0.15) is 0 Å². The number of thiazole rings is 1. The van der Waals surface area contributed by atoms with Crippen LogP contribution in [-0.4, -0.2) is 17.4 Å². The summed E-state index contributed by atoms with van der Waals surface area (Å²) < 4.78 is 6.29. The Kier molecular flexibility index (Phi) is 4.12. The number of aromatic nitrogens is 1. The minimum Gasteiger partial charge on any atom is -0.465 e. The van der Waals surface area contributed by atoms with Crippen molar-refractivity contribution in [3.8, 4) is 0 Å². The quantitative estimate of drug-likeness (QED) is 0.736. The van der Waals surface area contributed by atoms with Crippen molar-refractivity contribution in [3.63, 3.8) is 0 Å². The SMILES string of the molecule is O=C(/C=C/c1ccco1)NCCc1nc2ccccc2s1. The normalized spacial score (nSPS) is 11.2. The van der Waals surface area contributed by atoms with Crippen molar-refractivity contribution in [2.24, 2.45) is 0 Å². The molecule has 1 amide bonds. The first-order valence-corrected chi connectivity index (χ1v) is 7.47. The Labute approximate surface area is 126 Å². The third kappa shape index (κ3) is 3.58. The zero-order valence-corrected chi connectivity index (χ0v) is 12.1. The zero-order chi connectivity index (χ0) is 14.5. The molecule has 2 aromatic heterocycles. The number of amides is 1. The number of carbonyl (C=O) groups excluding carboxylic acids is 1. The molecule has 0 saturated carbocycles. The Morgan fingerprint density at radius 2 is 2.19 bits per heavy atom. The molecule has 3 aromatic rings. The van der Waals surface area contributed by atoms with Gasteiger partial charge in [-0.05, 0) is 30.3 Å². The highest BCUT2D eigenvalue weighted by Crippen LogP contribution is 2.21. The minimum atomic E-state index is -0.132. The molecular weight excluding hydrogens is 284 g/mol. The predicted octanol–water partition coefficient (Wildman–Crippen LogP) is 3.26. The van der Waals surface area contributed by atoms with E-state index in [4.69, 9.17) is 4.42 Å². The highest BCUT2D eigenvalue weighted by atomic mass is 32.1. The summed E-state index contributed by atoms with van der Waals surface area (Å²) in [5.41, 5.74) is 1.02. The van der Waals surface area contributed by atoms with Crippen molar-refractivity contribution in [3.05, 3.63) is 59.5 Å². The van der Waals surface area contributed by atoms with Crippen LogP contribution >= 0.6 is 11.3 Å². The molecule has 4 nitrogen and oxygen atoms in total. The van der Waals surface area contributed by atoms with E-state index in [0.717, 1.165) is 16.9 Å². The first-order valence-electron chi connectivity index (χ1n) is 6.65. The van der Waals surface area contributed by atoms with E-state index < -0.39 is 0 Å². The van der Waals surface area contributed by atoms with E-state index in [1.165, 1.54) is 10.8 Å². The molecule has 1 N–H and O–H groups in total. The molecule has 0 saturated heterocycles. The predicted molar refractivity (Wildman–Crippen MR) is 84.1 cm³/mol. The number of benzene rings is 1. The molecule has 21 heavy (non-hydrogen) atoms. The summed E-state index contributed by atoms with van der Waals surface area (Å²) in [4.78, 5) is 16.2. The third-order valence-electron chi connectivity index (χ3n) is 2.92. The number of hydrogen-bond donors (Lipinski definition) is 1. The fourth-order valence-electron chi connectivity index (χ4n) is 1.92. The van der Waals surface area contributed by atoms with Crippen LogP contribution in [0.2, 0.25) is 0 Å². The molecule has 0 fully saturated rings. The van der Waals surface area contributed by atoms with Gasteiger partial charge in [-0.1, -0.05) is 12.1 Å². The van der Waals surface area contributed by atoms with E-state index >= 15 is 0 Å². The van der Waals surface area contributed by atoms with Crippen LogP contribution in [-0.2, 0) is 11.2 Å². The van der Waals surface area contributed by atoms with Crippen LogP contribution < -0.4 is 5.32 Å². The Morgan fingerprint density at radius 3 is 3.00 bits per heavy atom. The molecule has 106 valence electrons. The lowest BCUT2D eigenvalue weighted by atomic mass is 10.3. The number of carbonyl (C=O) groups is 1. The number of nitrogens with one attached hydrogen (secondary N) is 1. The number of fused-ring (bicyclic) bond motifs is 1. The van der Waals surface area contributed by atoms with Gasteiger partial charge < -0.3 is 9.73 Å². The van der Waals surface area contributed by atoms with Crippen LogP contribution in [0.15, 0.2) is 53.2 Å². The molecule has 0 unspecified atom stereocenters. The van der Waals surface area contributed by atoms with Crippen LogP contribution in [0.3, 0.4) is 0 Å². The molecule has 3 rings (SSSR count). The van der Waals surface area contributed by atoms with Crippen LogP contribution in [0.4, 0.5) is 0 Å². The van der Waals surface area contributed by atoms with E-state index in [1.807, 2.05) is 18.2 Å². The van der Waals surface area contributed by atoms with Crippen molar-refractivity contribution < 1.29 is 9.21 Å². The molecule has 5 heteroatoms. The molecular formula is C16H14N2O2S. The van der Waals surface area contributed by atoms with E-state index in [-0.39, 0.29) is 5.91 Å². The zero-order valence-electron chi connectivity index (χ0n) is 11.3. The maximum Gasteiger partial charge on any atom is 0.244 e. The van der Waals surface area contributed by atoms with Gasteiger partial charge in [-0.3, -0.25) is 4.79 Å². The average molecular weight is 298 g/mol. The lowest BCUT2D eigenvalue weighted by molar-refractivity contribution is -0.116.